The van der Waals surface area contributed by atoms with Crippen molar-refractivity contribution in [3.05, 3.63) is 12.3 Å². The number of rotatable bonds is 2. The van der Waals surface area contributed by atoms with Crippen LogP contribution in [0.4, 0.5) is 0 Å². The zero-order valence-corrected chi connectivity index (χ0v) is 4.20. The summed E-state index contributed by atoms with van der Waals surface area (Å²) in [6, 6.07) is 0. The molecule has 0 atom stereocenters. The summed E-state index contributed by atoms with van der Waals surface area (Å²) in [5.41, 5.74) is 4.51. The molecule has 0 bridgehead atoms. The molecule has 0 aromatic heterocycles. The van der Waals surface area contributed by atoms with E-state index in [4.69, 9.17) is 21.2 Å². The Balaban J connectivity index is 3.66. The Morgan fingerprint density at radius 2 is 2.12 bits per heavy atom. The molecule has 44 valence electrons. The maximum atomic E-state index is 8.18. The van der Waals surface area contributed by atoms with E-state index < -0.39 is 7.12 Å². The maximum absolute atomic E-state index is 8.18. The zero-order valence-electron chi connectivity index (χ0n) is 4.20. The normalized spacial score (nSPS) is 9.75. The minimum absolute atomic E-state index is 0.312. The van der Waals surface area contributed by atoms with E-state index in [1.807, 2.05) is 0 Å². The first-order chi connectivity index (χ1) is 3.68. The van der Waals surface area contributed by atoms with Gasteiger partial charge in [0.1, 0.15) is 0 Å². The Morgan fingerprint density at radius 3 is 2.25 bits per heavy atom. The third-order valence-electron chi connectivity index (χ3n) is 0.554. The maximum Gasteiger partial charge on any atom is 0.507 e. The van der Waals surface area contributed by atoms with Gasteiger partial charge in [-0.3, -0.25) is 0 Å². The third kappa shape index (κ3) is 2.38. The molecule has 0 amide bonds. The molecule has 5 N–H and O–H groups in total. The highest BCUT2D eigenvalue weighted by Gasteiger charge is 2.09. The summed E-state index contributed by atoms with van der Waals surface area (Å²) in [5.74, 6) is 0. The van der Waals surface area contributed by atoms with E-state index in [1.54, 1.807) is 0 Å². The fraction of sp³-hybridized carbons (Fsp3) is 0. The van der Waals surface area contributed by atoms with Crippen molar-refractivity contribution in [1.82, 2.24) is 0 Å². The van der Waals surface area contributed by atoms with Gasteiger partial charge in [-0.2, -0.15) is 0 Å². The van der Waals surface area contributed by atoms with Crippen molar-refractivity contribution in [1.29, 1.82) is 5.41 Å². The molecule has 0 aliphatic carbocycles. The van der Waals surface area contributed by atoms with Crippen LogP contribution in [0.2, 0.25) is 0 Å². The molecule has 0 saturated heterocycles. The van der Waals surface area contributed by atoms with E-state index in [0.717, 1.165) is 12.3 Å². The molecule has 0 fully saturated rings. The van der Waals surface area contributed by atoms with Gasteiger partial charge in [0.2, 0.25) is 0 Å². The number of hydrogen-bond donors (Lipinski definition) is 4. The van der Waals surface area contributed by atoms with Crippen molar-refractivity contribution in [2.24, 2.45) is 5.73 Å². The number of allylic oxidation sites excluding steroid dienone is 1. The second-order valence-electron chi connectivity index (χ2n) is 1.19. The minimum atomic E-state index is -1.71. The minimum Gasteiger partial charge on any atom is -0.422 e. The molecule has 4 nitrogen and oxygen atoms in total. The molecule has 0 saturated carbocycles. The molecular formula is C3H7BN2O2. The molecule has 0 unspecified atom stereocenters. The Kier molecular flexibility index (Phi) is 2.90. The monoisotopic (exact) mass is 114 g/mol. The van der Waals surface area contributed by atoms with E-state index in [1.165, 1.54) is 0 Å². The van der Waals surface area contributed by atoms with Crippen LogP contribution in [0.3, 0.4) is 0 Å². The van der Waals surface area contributed by atoms with Gasteiger partial charge in [-0.1, -0.05) is 0 Å². The van der Waals surface area contributed by atoms with Gasteiger partial charge in [0.05, 0.1) is 5.61 Å². The van der Waals surface area contributed by atoms with Gasteiger partial charge >= 0.3 is 7.12 Å². The molecule has 0 aliphatic rings. The number of nitrogens with two attached hydrogens (primary N) is 1. The summed E-state index contributed by atoms with van der Waals surface area (Å²) >= 11 is 0. The molecule has 0 aliphatic heterocycles. The fourth-order valence-electron chi connectivity index (χ4n) is 0.190. The zero-order chi connectivity index (χ0) is 6.57. The van der Waals surface area contributed by atoms with E-state index in [9.17, 15) is 0 Å². The van der Waals surface area contributed by atoms with Crippen molar-refractivity contribution >= 4 is 12.7 Å². The van der Waals surface area contributed by atoms with Gasteiger partial charge in [-0.15, -0.1) is 0 Å². The first-order valence-electron chi connectivity index (χ1n) is 2.01. The van der Waals surface area contributed by atoms with Crippen LogP contribution >= 0.6 is 0 Å². The summed E-state index contributed by atoms with van der Waals surface area (Å²) in [6.45, 7) is 0. The van der Waals surface area contributed by atoms with Crippen molar-refractivity contribution in [2.75, 3.05) is 0 Å². The third-order valence-corrected chi connectivity index (χ3v) is 0.554. The molecule has 5 heteroatoms. The van der Waals surface area contributed by atoms with Crippen LogP contribution in [-0.4, -0.2) is 22.8 Å². The Morgan fingerprint density at radius 1 is 1.62 bits per heavy atom. The van der Waals surface area contributed by atoms with Gasteiger partial charge < -0.3 is 21.2 Å². The Labute approximate surface area is 47.3 Å². The van der Waals surface area contributed by atoms with Crippen LogP contribution in [0.5, 0.6) is 0 Å². The smallest absolute Gasteiger partial charge is 0.422 e. The summed E-state index contributed by atoms with van der Waals surface area (Å²) in [6.07, 6.45) is 2.17. The topological polar surface area (TPSA) is 90.3 Å². The molecule has 0 heterocycles. The predicted octanol–water partition coefficient (Wildman–Crippen LogP) is -1.51. The van der Waals surface area contributed by atoms with E-state index >= 15 is 0 Å². The summed E-state index contributed by atoms with van der Waals surface area (Å²) in [5, 5.41) is 23.0. The van der Waals surface area contributed by atoms with Crippen molar-refractivity contribution in [2.45, 2.75) is 0 Å². The SMILES string of the molecule is N=C(/C=C\N)B(O)O. The van der Waals surface area contributed by atoms with Crippen LogP contribution < -0.4 is 5.73 Å². The van der Waals surface area contributed by atoms with Gasteiger partial charge in [0.15, 0.2) is 0 Å². The van der Waals surface area contributed by atoms with E-state index in [2.05, 4.69) is 0 Å². The largest absolute Gasteiger partial charge is 0.507 e. The van der Waals surface area contributed by atoms with Crippen molar-refractivity contribution in [3.63, 3.8) is 0 Å². The van der Waals surface area contributed by atoms with Gasteiger partial charge in [-0.25, -0.2) is 0 Å². The number of nitrogens with one attached hydrogen (secondary N) is 1. The first-order valence-corrected chi connectivity index (χ1v) is 2.01. The molecule has 0 aromatic rings. The highest BCUT2D eigenvalue weighted by Crippen LogP contribution is 1.75. The van der Waals surface area contributed by atoms with Crippen LogP contribution in [-0.2, 0) is 0 Å². The average molecular weight is 114 g/mol. The fourth-order valence-corrected chi connectivity index (χ4v) is 0.190. The predicted molar refractivity (Wildman–Crippen MR) is 31.2 cm³/mol. The molecule has 0 spiro atoms. The Bertz CT molecular complexity index is 112. The van der Waals surface area contributed by atoms with Crippen molar-refractivity contribution < 1.29 is 10.0 Å². The highest BCUT2D eigenvalue weighted by molar-refractivity contribution is 6.81. The lowest BCUT2D eigenvalue weighted by Gasteiger charge is -1.89. The molecule has 0 aromatic carbocycles. The van der Waals surface area contributed by atoms with Crippen molar-refractivity contribution in [3.8, 4) is 0 Å². The quantitative estimate of drug-likeness (QED) is 0.260. The van der Waals surface area contributed by atoms with Crippen LogP contribution in [0, 0.1) is 5.41 Å². The lowest BCUT2D eigenvalue weighted by atomic mass is 9.84. The second-order valence-corrected chi connectivity index (χ2v) is 1.19. The summed E-state index contributed by atoms with van der Waals surface area (Å²) in [4.78, 5) is 0. The van der Waals surface area contributed by atoms with E-state index in [-0.39, 0.29) is 5.61 Å². The Hall–Kier alpha value is -0.805. The summed E-state index contributed by atoms with van der Waals surface area (Å²) in [7, 11) is -1.71. The van der Waals surface area contributed by atoms with Gasteiger partial charge in [0.25, 0.3) is 0 Å². The lowest BCUT2D eigenvalue weighted by Crippen LogP contribution is -2.22. The molecule has 8 heavy (non-hydrogen) atoms. The molecule has 0 rings (SSSR count). The standard InChI is InChI=1S/C3H7BN2O2/c5-2-1-3(6)4(7)8/h1-2,6-8H,5H2/b2-1-,6-3?. The number of hydrogen-bond acceptors (Lipinski definition) is 4. The molecular weight excluding hydrogens is 107 g/mol. The molecule has 0 radical (unpaired) electrons. The van der Waals surface area contributed by atoms with Crippen LogP contribution in [0.1, 0.15) is 0 Å². The lowest BCUT2D eigenvalue weighted by molar-refractivity contribution is 0.430. The van der Waals surface area contributed by atoms with Crippen LogP contribution in [0.25, 0.3) is 0 Å². The van der Waals surface area contributed by atoms with Gasteiger partial charge in [-0.05, 0) is 12.3 Å². The van der Waals surface area contributed by atoms with Gasteiger partial charge in [0, 0.05) is 0 Å². The summed E-state index contributed by atoms with van der Waals surface area (Å²) < 4.78 is 0. The first kappa shape index (κ1) is 7.19. The average Bonchev–Trinajstić information content (AvgIpc) is 1.67. The van der Waals surface area contributed by atoms with E-state index in [0.29, 0.717) is 0 Å². The second kappa shape index (κ2) is 3.23. The highest BCUT2D eigenvalue weighted by atomic mass is 16.4. The van der Waals surface area contributed by atoms with Crippen LogP contribution in [0.15, 0.2) is 12.3 Å².